The molecule has 0 bridgehead atoms. The van der Waals surface area contributed by atoms with Gasteiger partial charge in [-0.15, -0.1) is 0 Å². The van der Waals surface area contributed by atoms with E-state index in [1.165, 1.54) is 0 Å². The van der Waals surface area contributed by atoms with Crippen molar-refractivity contribution in [3.05, 3.63) is 30.0 Å². The molecule has 1 aromatic heterocycles. The van der Waals surface area contributed by atoms with Crippen LogP contribution in [0.3, 0.4) is 0 Å². The summed E-state index contributed by atoms with van der Waals surface area (Å²) in [4.78, 5) is 3.99. The smallest absolute Gasteiger partial charge is 0.123 e. The summed E-state index contributed by atoms with van der Waals surface area (Å²) in [5.74, 6) is 0.562. The summed E-state index contributed by atoms with van der Waals surface area (Å²) in [6, 6.07) is 3.76. The minimum Gasteiger partial charge on any atom is -0.384 e. The Morgan fingerprint density at radius 3 is 3.00 bits per heavy atom. The average Bonchev–Trinajstić information content (AvgIpc) is 2.15. The SMILES string of the molecule is CNCCC=Cc1ccc(N)nc1. The van der Waals surface area contributed by atoms with E-state index in [1.54, 1.807) is 12.3 Å². The van der Waals surface area contributed by atoms with E-state index in [1.807, 2.05) is 19.2 Å². The second kappa shape index (κ2) is 5.32. The summed E-state index contributed by atoms with van der Waals surface area (Å²) >= 11 is 0. The highest BCUT2D eigenvalue weighted by molar-refractivity contribution is 5.49. The molecule has 70 valence electrons. The summed E-state index contributed by atoms with van der Waals surface area (Å²) in [5, 5.41) is 3.08. The van der Waals surface area contributed by atoms with Gasteiger partial charge in [0.25, 0.3) is 0 Å². The Morgan fingerprint density at radius 2 is 2.38 bits per heavy atom. The highest BCUT2D eigenvalue weighted by Crippen LogP contribution is 2.03. The van der Waals surface area contributed by atoms with Crippen molar-refractivity contribution in [2.24, 2.45) is 0 Å². The van der Waals surface area contributed by atoms with Gasteiger partial charge in [0.2, 0.25) is 0 Å². The lowest BCUT2D eigenvalue weighted by Crippen LogP contribution is -2.05. The maximum atomic E-state index is 5.46. The summed E-state index contributed by atoms with van der Waals surface area (Å²) in [5.41, 5.74) is 6.55. The average molecular weight is 177 g/mol. The zero-order valence-electron chi connectivity index (χ0n) is 7.83. The maximum absolute atomic E-state index is 5.46. The van der Waals surface area contributed by atoms with Crippen LogP contribution in [0.25, 0.3) is 6.08 Å². The molecular weight excluding hydrogens is 162 g/mol. The molecule has 3 nitrogen and oxygen atoms in total. The molecule has 0 atom stereocenters. The van der Waals surface area contributed by atoms with Crippen LogP contribution in [0.15, 0.2) is 24.4 Å². The van der Waals surface area contributed by atoms with Gasteiger partial charge in [0, 0.05) is 6.20 Å². The van der Waals surface area contributed by atoms with Gasteiger partial charge >= 0.3 is 0 Å². The van der Waals surface area contributed by atoms with Gasteiger partial charge in [-0.2, -0.15) is 0 Å². The highest BCUT2D eigenvalue weighted by Gasteiger charge is 1.86. The Hall–Kier alpha value is -1.35. The van der Waals surface area contributed by atoms with Crippen LogP contribution in [0.5, 0.6) is 0 Å². The lowest BCUT2D eigenvalue weighted by molar-refractivity contribution is 0.809. The third kappa shape index (κ3) is 3.71. The quantitative estimate of drug-likeness (QED) is 0.681. The number of pyridine rings is 1. The van der Waals surface area contributed by atoms with Crippen molar-refractivity contribution in [2.45, 2.75) is 6.42 Å². The van der Waals surface area contributed by atoms with E-state index in [-0.39, 0.29) is 0 Å². The normalized spacial score (nSPS) is 10.8. The molecule has 0 saturated carbocycles. The first-order chi connectivity index (χ1) is 6.33. The monoisotopic (exact) mass is 177 g/mol. The fourth-order valence-corrected chi connectivity index (χ4v) is 0.962. The van der Waals surface area contributed by atoms with Crippen molar-refractivity contribution in [3.63, 3.8) is 0 Å². The van der Waals surface area contributed by atoms with Gasteiger partial charge in [-0.1, -0.05) is 12.2 Å². The second-order valence-electron chi connectivity index (χ2n) is 2.81. The Labute approximate surface area is 78.7 Å². The minimum atomic E-state index is 0.562. The van der Waals surface area contributed by atoms with Crippen molar-refractivity contribution in [1.82, 2.24) is 10.3 Å². The van der Waals surface area contributed by atoms with Crippen LogP contribution in [-0.4, -0.2) is 18.6 Å². The largest absolute Gasteiger partial charge is 0.384 e. The van der Waals surface area contributed by atoms with Crippen molar-refractivity contribution >= 4 is 11.9 Å². The Balaban J connectivity index is 2.44. The zero-order chi connectivity index (χ0) is 9.52. The van der Waals surface area contributed by atoms with Crippen molar-refractivity contribution < 1.29 is 0 Å². The minimum absolute atomic E-state index is 0.562. The fourth-order valence-electron chi connectivity index (χ4n) is 0.962. The van der Waals surface area contributed by atoms with Crippen LogP contribution in [0.2, 0.25) is 0 Å². The first-order valence-electron chi connectivity index (χ1n) is 4.35. The van der Waals surface area contributed by atoms with Gasteiger partial charge in [-0.3, -0.25) is 0 Å². The van der Waals surface area contributed by atoms with Crippen LogP contribution < -0.4 is 11.1 Å². The van der Waals surface area contributed by atoms with E-state index < -0.39 is 0 Å². The van der Waals surface area contributed by atoms with Gasteiger partial charge in [0.1, 0.15) is 5.82 Å². The third-order valence-corrected chi connectivity index (χ3v) is 1.68. The van der Waals surface area contributed by atoms with E-state index in [9.17, 15) is 0 Å². The maximum Gasteiger partial charge on any atom is 0.123 e. The fraction of sp³-hybridized carbons (Fsp3) is 0.300. The molecule has 1 heterocycles. The van der Waals surface area contributed by atoms with Crippen molar-refractivity contribution in [1.29, 1.82) is 0 Å². The molecule has 0 amide bonds. The molecule has 0 aliphatic carbocycles. The van der Waals surface area contributed by atoms with Gasteiger partial charge in [-0.25, -0.2) is 4.98 Å². The molecule has 1 rings (SSSR count). The van der Waals surface area contributed by atoms with Gasteiger partial charge < -0.3 is 11.1 Å². The zero-order valence-corrected chi connectivity index (χ0v) is 7.83. The van der Waals surface area contributed by atoms with Crippen LogP contribution in [-0.2, 0) is 0 Å². The molecular formula is C10H15N3. The summed E-state index contributed by atoms with van der Waals surface area (Å²) in [6.45, 7) is 0.999. The van der Waals surface area contributed by atoms with Gasteiger partial charge in [0.15, 0.2) is 0 Å². The molecule has 0 radical (unpaired) electrons. The Kier molecular flexibility index (Phi) is 3.99. The summed E-state index contributed by atoms with van der Waals surface area (Å²) in [7, 11) is 1.94. The van der Waals surface area contributed by atoms with Crippen LogP contribution >= 0.6 is 0 Å². The molecule has 3 N–H and O–H groups in total. The van der Waals surface area contributed by atoms with E-state index in [4.69, 9.17) is 5.73 Å². The number of hydrogen-bond donors (Lipinski definition) is 2. The third-order valence-electron chi connectivity index (χ3n) is 1.68. The van der Waals surface area contributed by atoms with E-state index >= 15 is 0 Å². The number of rotatable bonds is 4. The van der Waals surface area contributed by atoms with Crippen molar-refractivity contribution in [2.75, 3.05) is 19.3 Å². The van der Waals surface area contributed by atoms with E-state index in [0.29, 0.717) is 5.82 Å². The molecule has 0 aliphatic heterocycles. The van der Waals surface area contributed by atoms with E-state index in [2.05, 4.69) is 16.4 Å². The molecule has 0 saturated heterocycles. The van der Waals surface area contributed by atoms with Gasteiger partial charge in [0.05, 0.1) is 0 Å². The van der Waals surface area contributed by atoms with Crippen LogP contribution in [0.4, 0.5) is 5.82 Å². The van der Waals surface area contributed by atoms with Gasteiger partial charge in [-0.05, 0) is 37.7 Å². The first-order valence-corrected chi connectivity index (χ1v) is 4.35. The number of nitrogens with two attached hydrogens (primary N) is 1. The number of nitrogens with one attached hydrogen (secondary N) is 1. The lowest BCUT2D eigenvalue weighted by atomic mass is 10.2. The summed E-state index contributed by atoms with van der Waals surface area (Å²) in [6.07, 6.45) is 6.96. The molecule has 3 heteroatoms. The first kappa shape index (κ1) is 9.74. The highest BCUT2D eigenvalue weighted by atomic mass is 14.8. The predicted octanol–water partition coefficient (Wildman–Crippen LogP) is 1.29. The number of anilines is 1. The van der Waals surface area contributed by atoms with E-state index in [0.717, 1.165) is 18.5 Å². The van der Waals surface area contributed by atoms with Crippen LogP contribution in [0.1, 0.15) is 12.0 Å². The molecule has 1 aromatic rings. The molecule has 0 aromatic carbocycles. The second-order valence-corrected chi connectivity index (χ2v) is 2.81. The summed E-state index contributed by atoms with van der Waals surface area (Å²) < 4.78 is 0. The lowest BCUT2D eigenvalue weighted by Gasteiger charge is -1.94. The Morgan fingerprint density at radius 1 is 1.54 bits per heavy atom. The molecule has 13 heavy (non-hydrogen) atoms. The molecule has 0 unspecified atom stereocenters. The molecule has 0 fully saturated rings. The molecule has 0 aliphatic rings. The van der Waals surface area contributed by atoms with Crippen molar-refractivity contribution in [3.8, 4) is 0 Å². The number of nitrogens with zero attached hydrogens (tertiary/aromatic N) is 1. The number of aromatic nitrogens is 1. The molecule has 0 spiro atoms. The van der Waals surface area contributed by atoms with Crippen LogP contribution in [0, 0.1) is 0 Å². The number of hydrogen-bond acceptors (Lipinski definition) is 3. The number of nitrogen functional groups attached to an aromatic ring is 1. The topological polar surface area (TPSA) is 50.9 Å². The predicted molar refractivity (Wildman–Crippen MR) is 56.2 cm³/mol. The standard InChI is InChI=1S/C10H15N3/c1-12-7-3-2-4-9-5-6-10(11)13-8-9/h2,4-6,8,12H,3,7H2,1H3,(H2,11,13). The Bertz CT molecular complexity index is 264.